The Kier molecular flexibility index (Phi) is 5.57. The van der Waals surface area contributed by atoms with Crippen LogP contribution in [0.5, 0.6) is 0 Å². The number of piperidine rings is 1. The SMILES string of the molecule is Cc1ccc2nc(-c3ccc(N4C(=O)CC(N(C)C5CCN(C)CC5)C4=O)cc3)sc2c1. The monoisotopic (exact) mass is 448 g/mol. The van der Waals surface area contributed by atoms with Crippen molar-refractivity contribution in [2.24, 2.45) is 0 Å². The van der Waals surface area contributed by atoms with Crippen LogP contribution >= 0.6 is 11.3 Å². The number of hydrogen-bond acceptors (Lipinski definition) is 6. The Bertz CT molecular complexity index is 1160. The van der Waals surface area contributed by atoms with E-state index in [0.29, 0.717) is 11.7 Å². The highest BCUT2D eigenvalue weighted by Gasteiger charge is 2.43. The van der Waals surface area contributed by atoms with Gasteiger partial charge >= 0.3 is 0 Å². The molecule has 2 saturated heterocycles. The number of aromatic nitrogens is 1. The summed E-state index contributed by atoms with van der Waals surface area (Å²) in [6, 6.07) is 13.9. The number of aryl methyl sites for hydroxylation is 1. The summed E-state index contributed by atoms with van der Waals surface area (Å²) < 4.78 is 1.16. The Morgan fingerprint density at radius 2 is 1.78 bits per heavy atom. The van der Waals surface area contributed by atoms with Crippen LogP contribution in [0.15, 0.2) is 42.5 Å². The third kappa shape index (κ3) is 3.85. The summed E-state index contributed by atoms with van der Waals surface area (Å²) in [5, 5.41) is 0.941. The molecule has 2 aromatic carbocycles. The minimum absolute atomic E-state index is 0.111. The van der Waals surface area contributed by atoms with Crippen LogP contribution < -0.4 is 4.90 Å². The third-order valence-electron chi connectivity index (χ3n) is 6.79. The number of anilines is 1. The predicted octanol–water partition coefficient (Wildman–Crippen LogP) is 3.93. The zero-order valence-electron chi connectivity index (χ0n) is 18.7. The maximum atomic E-state index is 13.2. The number of fused-ring (bicyclic) bond motifs is 1. The normalized spacial score (nSPS) is 20.8. The molecular weight excluding hydrogens is 420 g/mol. The van der Waals surface area contributed by atoms with Gasteiger partial charge in [-0.15, -0.1) is 11.3 Å². The molecule has 32 heavy (non-hydrogen) atoms. The second-order valence-electron chi connectivity index (χ2n) is 9.02. The number of likely N-dealkylation sites (N-methyl/N-ethyl adjacent to an activating group) is 1. The van der Waals surface area contributed by atoms with Crippen LogP contribution in [0.4, 0.5) is 5.69 Å². The molecule has 1 aromatic heterocycles. The topological polar surface area (TPSA) is 56.8 Å². The zero-order chi connectivity index (χ0) is 22.4. The van der Waals surface area contributed by atoms with Crippen LogP contribution in [0.3, 0.4) is 0 Å². The summed E-state index contributed by atoms with van der Waals surface area (Å²) >= 11 is 1.66. The summed E-state index contributed by atoms with van der Waals surface area (Å²) in [6.45, 7) is 4.13. The van der Waals surface area contributed by atoms with E-state index in [1.54, 1.807) is 11.3 Å². The molecule has 2 fully saturated rings. The number of carbonyl (C=O) groups excluding carboxylic acids is 2. The number of thiazole rings is 1. The van der Waals surface area contributed by atoms with Crippen molar-refractivity contribution in [3.05, 3.63) is 48.0 Å². The summed E-state index contributed by atoms with van der Waals surface area (Å²) in [6.07, 6.45) is 2.31. The molecule has 0 N–H and O–H groups in total. The van der Waals surface area contributed by atoms with E-state index in [0.717, 1.165) is 46.7 Å². The van der Waals surface area contributed by atoms with Crippen LogP contribution in [-0.2, 0) is 9.59 Å². The van der Waals surface area contributed by atoms with Crippen LogP contribution in [0.2, 0.25) is 0 Å². The minimum atomic E-state index is -0.372. The van der Waals surface area contributed by atoms with Gasteiger partial charge in [-0.05, 0) is 88.9 Å². The van der Waals surface area contributed by atoms with E-state index in [4.69, 9.17) is 4.98 Å². The quantitative estimate of drug-likeness (QED) is 0.566. The molecule has 0 aliphatic carbocycles. The fourth-order valence-corrected chi connectivity index (χ4v) is 5.84. The Labute approximate surface area is 192 Å². The summed E-state index contributed by atoms with van der Waals surface area (Å²) in [5.41, 5.74) is 3.84. The van der Waals surface area contributed by atoms with Crippen molar-refractivity contribution in [3.63, 3.8) is 0 Å². The molecule has 0 radical (unpaired) electrons. The highest BCUT2D eigenvalue weighted by molar-refractivity contribution is 7.21. The molecule has 3 aromatic rings. The summed E-state index contributed by atoms with van der Waals surface area (Å²) in [5.74, 6) is -0.234. The molecule has 2 amide bonds. The van der Waals surface area contributed by atoms with Crippen molar-refractivity contribution in [1.82, 2.24) is 14.8 Å². The molecule has 1 unspecified atom stereocenters. The van der Waals surface area contributed by atoms with Gasteiger partial charge in [0.25, 0.3) is 5.91 Å². The van der Waals surface area contributed by atoms with E-state index in [2.05, 4.69) is 35.9 Å². The smallest absolute Gasteiger partial charge is 0.251 e. The summed E-state index contributed by atoms with van der Waals surface area (Å²) in [4.78, 5) is 36.5. The zero-order valence-corrected chi connectivity index (χ0v) is 19.6. The third-order valence-corrected chi connectivity index (χ3v) is 7.86. The van der Waals surface area contributed by atoms with E-state index >= 15 is 0 Å². The first kappa shape index (κ1) is 21.2. The number of carbonyl (C=O) groups is 2. The van der Waals surface area contributed by atoms with Crippen molar-refractivity contribution >= 4 is 39.1 Å². The first-order valence-electron chi connectivity index (χ1n) is 11.2. The average Bonchev–Trinajstić information content (AvgIpc) is 3.34. The largest absolute Gasteiger partial charge is 0.306 e. The molecule has 0 spiro atoms. The Balaban J connectivity index is 1.34. The highest BCUT2D eigenvalue weighted by atomic mass is 32.1. The van der Waals surface area contributed by atoms with Gasteiger partial charge in [-0.3, -0.25) is 14.5 Å². The molecule has 3 heterocycles. The lowest BCUT2D eigenvalue weighted by Gasteiger charge is -2.37. The number of imide groups is 1. The molecule has 0 bridgehead atoms. The number of hydrogen-bond donors (Lipinski definition) is 0. The molecule has 1 atom stereocenters. The van der Waals surface area contributed by atoms with Crippen molar-refractivity contribution in [1.29, 1.82) is 0 Å². The lowest BCUT2D eigenvalue weighted by atomic mass is 10.0. The van der Waals surface area contributed by atoms with Crippen molar-refractivity contribution in [3.8, 4) is 10.6 Å². The van der Waals surface area contributed by atoms with Gasteiger partial charge in [0.2, 0.25) is 5.91 Å². The van der Waals surface area contributed by atoms with Gasteiger partial charge in [-0.1, -0.05) is 6.07 Å². The minimum Gasteiger partial charge on any atom is -0.306 e. The van der Waals surface area contributed by atoms with Crippen molar-refractivity contribution in [2.75, 3.05) is 32.1 Å². The lowest BCUT2D eigenvalue weighted by Crippen LogP contribution is -2.49. The fourth-order valence-electron chi connectivity index (χ4n) is 4.77. The predicted molar refractivity (Wildman–Crippen MR) is 129 cm³/mol. The van der Waals surface area contributed by atoms with Gasteiger partial charge in [0.05, 0.1) is 28.4 Å². The van der Waals surface area contributed by atoms with Crippen LogP contribution in [0, 0.1) is 6.92 Å². The molecular formula is C25H28N4O2S. The average molecular weight is 449 g/mol. The first-order chi connectivity index (χ1) is 15.4. The molecule has 6 nitrogen and oxygen atoms in total. The number of likely N-dealkylation sites (tertiary alicyclic amines) is 1. The van der Waals surface area contributed by atoms with E-state index < -0.39 is 0 Å². The van der Waals surface area contributed by atoms with Gasteiger partial charge in [0, 0.05) is 11.6 Å². The standard InChI is InChI=1S/C25H28N4O2S/c1-16-4-9-20-22(14-16)32-24(26-20)17-5-7-19(8-6-17)29-23(30)15-21(25(29)31)28(3)18-10-12-27(2)13-11-18/h4-9,14,18,21H,10-13,15H2,1-3H3. The van der Waals surface area contributed by atoms with Crippen LogP contribution in [-0.4, -0.2) is 65.9 Å². The molecule has 2 aliphatic heterocycles. The number of nitrogens with zero attached hydrogens (tertiary/aromatic N) is 4. The van der Waals surface area contributed by atoms with Crippen LogP contribution in [0.1, 0.15) is 24.8 Å². The number of rotatable bonds is 4. The van der Waals surface area contributed by atoms with E-state index in [9.17, 15) is 9.59 Å². The van der Waals surface area contributed by atoms with Crippen molar-refractivity contribution in [2.45, 2.75) is 38.3 Å². The summed E-state index contributed by atoms with van der Waals surface area (Å²) in [7, 11) is 4.12. The maximum Gasteiger partial charge on any atom is 0.251 e. The molecule has 7 heteroatoms. The fraction of sp³-hybridized carbons (Fsp3) is 0.400. The van der Waals surface area contributed by atoms with Crippen molar-refractivity contribution < 1.29 is 9.59 Å². The number of amides is 2. The number of benzene rings is 2. The second-order valence-corrected chi connectivity index (χ2v) is 10.1. The van der Waals surface area contributed by atoms with Gasteiger partial charge in [0.1, 0.15) is 5.01 Å². The molecule has 166 valence electrons. The van der Waals surface area contributed by atoms with E-state index in [-0.39, 0.29) is 24.3 Å². The first-order valence-corrected chi connectivity index (χ1v) is 12.0. The Morgan fingerprint density at radius 1 is 1.06 bits per heavy atom. The van der Waals surface area contributed by atoms with E-state index in [1.165, 1.54) is 10.5 Å². The van der Waals surface area contributed by atoms with E-state index in [1.807, 2.05) is 37.4 Å². The maximum absolute atomic E-state index is 13.2. The second kappa shape index (κ2) is 8.39. The molecule has 2 aliphatic rings. The highest BCUT2D eigenvalue weighted by Crippen LogP contribution is 2.33. The Hall–Kier alpha value is -2.61. The Morgan fingerprint density at radius 3 is 2.50 bits per heavy atom. The lowest BCUT2D eigenvalue weighted by molar-refractivity contribution is -0.123. The molecule has 5 rings (SSSR count). The van der Waals surface area contributed by atoms with Gasteiger partial charge in [-0.25, -0.2) is 9.88 Å². The van der Waals surface area contributed by atoms with Gasteiger partial charge in [0.15, 0.2) is 0 Å². The van der Waals surface area contributed by atoms with Gasteiger partial charge < -0.3 is 4.90 Å². The molecule has 0 saturated carbocycles. The van der Waals surface area contributed by atoms with Crippen LogP contribution in [0.25, 0.3) is 20.8 Å². The van der Waals surface area contributed by atoms with Gasteiger partial charge in [-0.2, -0.15) is 0 Å².